The lowest BCUT2D eigenvalue weighted by atomic mass is 10.1. The average molecular weight is 449 g/mol. The Kier molecular flexibility index (Phi) is 6.99. The Hall–Kier alpha value is -3.00. The zero-order valence-electron chi connectivity index (χ0n) is 18.4. The third-order valence-corrected chi connectivity index (χ3v) is 6.33. The number of carbonyl (C=O) groups is 1. The molecule has 1 atom stereocenters. The predicted molar refractivity (Wildman–Crippen MR) is 128 cm³/mol. The number of imidazole rings is 1. The molecule has 0 bridgehead atoms. The number of hydrogen-bond donors (Lipinski definition) is 1. The van der Waals surface area contributed by atoms with E-state index in [0.717, 1.165) is 22.6 Å². The van der Waals surface area contributed by atoms with Crippen LogP contribution in [0.15, 0.2) is 72.2 Å². The monoisotopic (exact) mass is 448 g/mol. The predicted octanol–water partition coefficient (Wildman–Crippen LogP) is 3.88. The zero-order valence-corrected chi connectivity index (χ0v) is 19.2. The summed E-state index contributed by atoms with van der Waals surface area (Å²) in [5.41, 5.74) is 3.41. The van der Waals surface area contributed by atoms with Crippen molar-refractivity contribution in [3.8, 4) is 0 Å². The van der Waals surface area contributed by atoms with Crippen molar-refractivity contribution in [3.63, 3.8) is 0 Å². The third-order valence-electron chi connectivity index (χ3n) is 5.58. The van der Waals surface area contributed by atoms with E-state index in [1.54, 1.807) is 4.90 Å². The molecule has 4 rings (SSSR count). The van der Waals surface area contributed by atoms with Gasteiger partial charge in [0.05, 0.1) is 11.8 Å². The van der Waals surface area contributed by atoms with Gasteiger partial charge in [0, 0.05) is 38.3 Å². The third kappa shape index (κ3) is 5.07. The standard InChI is InChI=1S/C25H28N4O2S/c1-27(18-22(30)20-11-7-4-8-12-20)17-21-23(26-25-29(21)15-16-32-25)24(31)28(2)14-13-19-9-5-3-6-10-19/h3-12,15-16,22,30H,13-14,17-18H2,1-2H3/t22-/m0/s1. The van der Waals surface area contributed by atoms with Crippen LogP contribution in [0.5, 0.6) is 0 Å². The van der Waals surface area contributed by atoms with Crippen molar-refractivity contribution in [3.05, 3.63) is 94.8 Å². The van der Waals surface area contributed by atoms with Crippen LogP contribution < -0.4 is 0 Å². The van der Waals surface area contributed by atoms with E-state index in [1.807, 2.05) is 83.5 Å². The van der Waals surface area contributed by atoms with E-state index >= 15 is 0 Å². The maximum Gasteiger partial charge on any atom is 0.274 e. The van der Waals surface area contributed by atoms with Crippen LogP contribution in [0.25, 0.3) is 4.96 Å². The highest BCUT2D eigenvalue weighted by Crippen LogP contribution is 2.21. The van der Waals surface area contributed by atoms with Gasteiger partial charge in [0.25, 0.3) is 5.91 Å². The average Bonchev–Trinajstić information content (AvgIpc) is 3.41. The Balaban J connectivity index is 1.48. The van der Waals surface area contributed by atoms with Crippen LogP contribution in [0.1, 0.15) is 33.4 Å². The topological polar surface area (TPSA) is 61.1 Å². The fourth-order valence-corrected chi connectivity index (χ4v) is 4.51. The first-order valence-corrected chi connectivity index (χ1v) is 11.6. The van der Waals surface area contributed by atoms with E-state index in [0.29, 0.717) is 25.3 Å². The van der Waals surface area contributed by atoms with E-state index in [2.05, 4.69) is 17.1 Å². The van der Waals surface area contributed by atoms with Crippen molar-refractivity contribution >= 4 is 22.2 Å². The molecule has 1 amide bonds. The van der Waals surface area contributed by atoms with Gasteiger partial charge in [-0.05, 0) is 24.6 Å². The maximum absolute atomic E-state index is 13.3. The molecule has 166 valence electrons. The Labute approximate surface area is 192 Å². The Morgan fingerprint density at radius 3 is 2.50 bits per heavy atom. The number of carbonyl (C=O) groups excluding carboxylic acids is 1. The van der Waals surface area contributed by atoms with Gasteiger partial charge in [-0.2, -0.15) is 0 Å². The van der Waals surface area contributed by atoms with Gasteiger partial charge in [0.15, 0.2) is 10.7 Å². The van der Waals surface area contributed by atoms with Gasteiger partial charge in [-0.1, -0.05) is 60.7 Å². The van der Waals surface area contributed by atoms with Crippen LogP contribution in [0.4, 0.5) is 0 Å². The molecule has 1 N–H and O–H groups in total. The fraction of sp³-hybridized carbons (Fsp3) is 0.280. The van der Waals surface area contributed by atoms with Crippen molar-refractivity contribution in [2.24, 2.45) is 0 Å². The second-order valence-corrected chi connectivity index (χ2v) is 8.92. The molecule has 2 heterocycles. The Bertz CT molecular complexity index is 1160. The molecule has 0 aliphatic heterocycles. The van der Waals surface area contributed by atoms with E-state index in [-0.39, 0.29) is 5.91 Å². The molecular formula is C25H28N4O2S. The van der Waals surface area contributed by atoms with Crippen LogP contribution in [-0.2, 0) is 13.0 Å². The quantitative estimate of drug-likeness (QED) is 0.422. The molecule has 0 saturated carbocycles. The largest absolute Gasteiger partial charge is 0.387 e. The SMILES string of the molecule is CN(Cc1c(C(=O)N(C)CCc2ccccc2)nc2sccn12)C[C@H](O)c1ccccc1. The van der Waals surface area contributed by atoms with E-state index in [1.165, 1.54) is 16.9 Å². The molecule has 6 nitrogen and oxygen atoms in total. The summed E-state index contributed by atoms with van der Waals surface area (Å²) >= 11 is 1.51. The van der Waals surface area contributed by atoms with Crippen molar-refractivity contribution in [2.45, 2.75) is 19.1 Å². The Morgan fingerprint density at radius 1 is 1.09 bits per heavy atom. The second kappa shape index (κ2) is 10.1. The lowest BCUT2D eigenvalue weighted by molar-refractivity contribution is 0.0788. The lowest BCUT2D eigenvalue weighted by Gasteiger charge is -2.22. The summed E-state index contributed by atoms with van der Waals surface area (Å²) in [5, 5.41) is 12.6. The molecule has 32 heavy (non-hydrogen) atoms. The van der Waals surface area contributed by atoms with Crippen LogP contribution in [0, 0.1) is 0 Å². The molecule has 4 aromatic rings. The molecule has 0 radical (unpaired) electrons. The number of aliphatic hydroxyl groups excluding tert-OH is 1. The van der Waals surface area contributed by atoms with E-state index in [4.69, 9.17) is 0 Å². The van der Waals surface area contributed by atoms with Crippen LogP contribution in [0.2, 0.25) is 0 Å². The van der Waals surface area contributed by atoms with Crippen molar-refractivity contribution in [1.82, 2.24) is 19.2 Å². The molecule has 0 aliphatic carbocycles. The minimum Gasteiger partial charge on any atom is -0.387 e. The highest BCUT2D eigenvalue weighted by atomic mass is 32.1. The molecule has 0 unspecified atom stereocenters. The number of fused-ring (bicyclic) bond motifs is 1. The van der Waals surface area contributed by atoms with Crippen molar-refractivity contribution < 1.29 is 9.90 Å². The van der Waals surface area contributed by atoms with Crippen LogP contribution in [-0.4, -0.2) is 57.4 Å². The summed E-state index contributed by atoms with van der Waals surface area (Å²) in [7, 11) is 3.77. The van der Waals surface area contributed by atoms with Crippen molar-refractivity contribution in [2.75, 3.05) is 27.2 Å². The molecule has 0 fully saturated rings. The van der Waals surface area contributed by atoms with Gasteiger partial charge >= 0.3 is 0 Å². The number of likely N-dealkylation sites (N-methyl/N-ethyl adjacent to an activating group) is 2. The first-order valence-electron chi connectivity index (χ1n) is 10.7. The molecular weight excluding hydrogens is 420 g/mol. The van der Waals surface area contributed by atoms with E-state index in [9.17, 15) is 9.90 Å². The Morgan fingerprint density at radius 2 is 1.78 bits per heavy atom. The first-order chi connectivity index (χ1) is 15.5. The van der Waals surface area contributed by atoms with E-state index < -0.39 is 6.10 Å². The summed E-state index contributed by atoms with van der Waals surface area (Å²) in [6.07, 6.45) is 2.15. The lowest BCUT2D eigenvalue weighted by Crippen LogP contribution is -2.31. The summed E-state index contributed by atoms with van der Waals surface area (Å²) in [4.78, 5) is 22.5. The summed E-state index contributed by atoms with van der Waals surface area (Å²) in [6, 6.07) is 19.8. The first kappa shape index (κ1) is 22.2. The van der Waals surface area contributed by atoms with Gasteiger partial charge in [0.1, 0.15) is 0 Å². The van der Waals surface area contributed by atoms with Crippen LogP contribution >= 0.6 is 11.3 Å². The van der Waals surface area contributed by atoms with Gasteiger partial charge in [-0.15, -0.1) is 11.3 Å². The van der Waals surface area contributed by atoms with Gasteiger partial charge in [-0.25, -0.2) is 4.98 Å². The summed E-state index contributed by atoms with van der Waals surface area (Å²) < 4.78 is 1.98. The second-order valence-electron chi connectivity index (χ2n) is 8.05. The van der Waals surface area contributed by atoms with Gasteiger partial charge < -0.3 is 10.0 Å². The van der Waals surface area contributed by atoms with Gasteiger partial charge in [0.2, 0.25) is 0 Å². The van der Waals surface area contributed by atoms with Gasteiger partial charge in [-0.3, -0.25) is 14.1 Å². The zero-order chi connectivity index (χ0) is 22.5. The highest BCUT2D eigenvalue weighted by molar-refractivity contribution is 7.15. The fourth-order valence-electron chi connectivity index (χ4n) is 3.77. The summed E-state index contributed by atoms with van der Waals surface area (Å²) in [5.74, 6) is -0.0798. The summed E-state index contributed by atoms with van der Waals surface area (Å²) in [6.45, 7) is 1.59. The smallest absolute Gasteiger partial charge is 0.274 e. The highest BCUT2D eigenvalue weighted by Gasteiger charge is 2.24. The molecule has 2 aromatic carbocycles. The number of hydrogen-bond acceptors (Lipinski definition) is 5. The number of thiazole rings is 1. The number of aromatic nitrogens is 2. The number of nitrogens with zero attached hydrogens (tertiary/aromatic N) is 4. The molecule has 7 heteroatoms. The number of rotatable bonds is 9. The number of amides is 1. The molecule has 0 saturated heterocycles. The number of aliphatic hydroxyl groups is 1. The van der Waals surface area contributed by atoms with Crippen LogP contribution in [0.3, 0.4) is 0 Å². The van der Waals surface area contributed by atoms with Crippen molar-refractivity contribution in [1.29, 1.82) is 0 Å². The minimum absolute atomic E-state index is 0.0798. The molecule has 0 spiro atoms. The molecule has 0 aliphatic rings. The maximum atomic E-state index is 13.3. The minimum atomic E-state index is -0.597. The molecule has 2 aromatic heterocycles. The number of benzene rings is 2. The normalized spacial score (nSPS) is 12.4.